The third-order valence-electron chi connectivity index (χ3n) is 4.83. The van der Waals surface area contributed by atoms with Crippen LogP contribution in [-0.4, -0.2) is 46.2 Å². The molecule has 0 saturated heterocycles. The maximum atomic E-state index is 12.5. The molecule has 1 aromatic heterocycles. The van der Waals surface area contributed by atoms with Crippen LogP contribution in [0.1, 0.15) is 31.5 Å². The minimum Gasteiger partial charge on any atom is -0.493 e. The quantitative estimate of drug-likeness (QED) is 0.553. The summed E-state index contributed by atoms with van der Waals surface area (Å²) < 4.78 is 11.1. The molecule has 8 nitrogen and oxygen atoms in total. The molecule has 0 spiro atoms. The maximum Gasteiger partial charge on any atom is 0.273 e. The minimum absolute atomic E-state index is 0.00285. The first-order valence-corrected chi connectivity index (χ1v) is 10.5. The van der Waals surface area contributed by atoms with Crippen molar-refractivity contribution in [2.75, 3.05) is 14.2 Å². The molecule has 1 heterocycles. The molecule has 0 fully saturated rings. The highest BCUT2D eigenvalue weighted by atomic mass is 16.5. The molecule has 0 atom stereocenters. The Balaban J connectivity index is 1.66. The van der Waals surface area contributed by atoms with E-state index in [-0.39, 0.29) is 36.1 Å². The molecular formula is C24H28N4O4. The molecule has 32 heavy (non-hydrogen) atoms. The lowest BCUT2D eigenvalue weighted by Gasteiger charge is -2.17. The topological polar surface area (TPSA) is 97.4 Å². The van der Waals surface area contributed by atoms with E-state index in [0.29, 0.717) is 29.4 Å². The van der Waals surface area contributed by atoms with Gasteiger partial charge in [0.1, 0.15) is 5.69 Å². The summed E-state index contributed by atoms with van der Waals surface area (Å²) in [5.41, 5.74) is 1.55. The molecule has 3 rings (SSSR count). The summed E-state index contributed by atoms with van der Waals surface area (Å²) in [7, 11) is 3.30. The second-order valence-electron chi connectivity index (χ2n) is 7.72. The zero-order chi connectivity index (χ0) is 23.1. The van der Waals surface area contributed by atoms with E-state index in [1.807, 2.05) is 44.2 Å². The summed E-state index contributed by atoms with van der Waals surface area (Å²) in [6.45, 7) is 4.37. The summed E-state index contributed by atoms with van der Waals surface area (Å²) in [5.74, 6) is 1.40. The van der Waals surface area contributed by atoms with Gasteiger partial charge in [0.2, 0.25) is 5.91 Å². The highest BCUT2D eigenvalue weighted by Crippen LogP contribution is 2.31. The number of rotatable bonds is 9. The molecule has 0 bridgehead atoms. The predicted molar refractivity (Wildman–Crippen MR) is 122 cm³/mol. The number of carbonyl (C=O) groups excluding carboxylic acids is 1. The lowest BCUT2D eigenvalue weighted by atomic mass is 10.1. The van der Waals surface area contributed by atoms with Gasteiger partial charge < -0.3 is 19.4 Å². The van der Waals surface area contributed by atoms with E-state index in [4.69, 9.17) is 9.47 Å². The third-order valence-corrected chi connectivity index (χ3v) is 4.83. The van der Waals surface area contributed by atoms with Crippen LogP contribution < -0.4 is 15.0 Å². The molecule has 0 saturated carbocycles. The van der Waals surface area contributed by atoms with Gasteiger partial charge in [0.05, 0.1) is 13.2 Å². The standard InChI is InChI=1S/C24H28N4O4/c1-16(2)32-20-12-10-18(14-21(20)31-4)23-25-24(30)19(26-27-23)11-13-22(29)28(3)15-17-8-6-5-7-9-17/h5-10,12,14,16H,11,13,15H2,1-4H3,(H,25,27,30). The Hall–Kier alpha value is -3.68. The first-order valence-electron chi connectivity index (χ1n) is 10.5. The van der Waals surface area contributed by atoms with Gasteiger partial charge >= 0.3 is 0 Å². The Morgan fingerprint density at radius 2 is 1.84 bits per heavy atom. The molecule has 168 valence electrons. The Morgan fingerprint density at radius 3 is 2.50 bits per heavy atom. The fourth-order valence-electron chi connectivity index (χ4n) is 3.18. The van der Waals surface area contributed by atoms with Crippen LogP contribution in [0.4, 0.5) is 0 Å². The molecule has 1 N–H and O–H groups in total. The Bertz CT molecular complexity index is 1110. The van der Waals surface area contributed by atoms with Crippen molar-refractivity contribution in [3.05, 3.63) is 70.1 Å². The molecule has 0 unspecified atom stereocenters. The van der Waals surface area contributed by atoms with Crippen LogP contribution in [0.15, 0.2) is 53.3 Å². The zero-order valence-corrected chi connectivity index (χ0v) is 18.8. The summed E-state index contributed by atoms with van der Waals surface area (Å²) >= 11 is 0. The number of amides is 1. The summed E-state index contributed by atoms with van der Waals surface area (Å²) in [5, 5.41) is 8.20. The molecule has 1 amide bonds. The van der Waals surface area contributed by atoms with Gasteiger partial charge in [0.15, 0.2) is 17.3 Å². The molecule has 3 aromatic rings. The van der Waals surface area contributed by atoms with Crippen LogP contribution in [0, 0.1) is 0 Å². The van der Waals surface area contributed by atoms with Crippen molar-refractivity contribution in [3.8, 4) is 22.9 Å². The number of ether oxygens (including phenoxy) is 2. The Morgan fingerprint density at radius 1 is 1.09 bits per heavy atom. The van der Waals surface area contributed by atoms with Crippen molar-refractivity contribution in [3.63, 3.8) is 0 Å². The number of benzene rings is 2. The van der Waals surface area contributed by atoms with Crippen LogP contribution in [0.25, 0.3) is 11.4 Å². The summed E-state index contributed by atoms with van der Waals surface area (Å²) in [6, 6.07) is 15.0. The molecule has 0 aliphatic rings. The number of aromatic nitrogens is 3. The second-order valence-corrected chi connectivity index (χ2v) is 7.72. The van der Waals surface area contributed by atoms with E-state index in [9.17, 15) is 9.59 Å². The second kappa shape index (κ2) is 10.6. The average Bonchev–Trinajstić information content (AvgIpc) is 2.78. The van der Waals surface area contributed by atoms with Crippen LogP contribution in [0.3, 0.4) is 0 Å². The highest BCUT2D eigenvalue weighted by Gasteiger charge is 2.14. The Kier molecular flexibility index (Phi) is 7.59. The van der Waals surface area contributed by atoms with Crippen molar-refractivity contribution < 1.29 is 14.3 Å². The van der Waals surface area contributed by atoms with Gasteiger partial charge in [-0.05, 0) is 37.6 Å². The van der Waals surface area contributed by atoms with Gasteiger partial charge in [-0.25, -0.2) is 0 Å². The smallest absolute Gasteiger partial charge is 0.273 e. The van der Waals surface area contributed by atoms with Crippen LogP contribution in [0.2, 0.25) is 0 Å². The number of methoxy groups -OCH3 is 1. The molecule has 0 radical (unpaired) electrons. The average molecular weight is 437 g/mol. The molecule has 0 aliphatic heterocycles. The number of nitrogens with one attached hydrogen (secondary N) is 1. The minimum atomic E-state index is -0.366. The molecular weight excluding hydrogens is 408 g/mol. The van der Waals surface area contributed by atoms with Crippen molar-refractivity contribution in [1.29, 1.82) is 0 Å². The lowest BCUT2D eigenvalue weighted by Crippen LogP contribution is -2.27. The third kappa shape index (κ3) is 5.94. The number of H-pyrrole nitrogens is 1. The van der Waals surface area contributed by atoms with E-state index in [1.54, 1.807) is 37.3 Å². The van der Waals surface area contributed by atoms with Crippen LogP contribution in [-0.2, 0) is 17.8 Å². The van der Waals surface area contributed by atoms with E-state index in [0.717, 1.165) is 5.56 Å². The van der Waals surface area contributed by atoms with Crippen LogP contribution in [0.5, 0.6) is 11.5 Å². The van der Waals surface area contributed by atoms with E-state index >= 15 is 0 Å². The van der Waals surface area contributed by atoms with E-state index in [1.165, 1.54) is 0 Å². The van der Waals surface area contributed by atoms with Gasteiger partial charge in [0.25, 0.3) is 5.56 Å². The number of hydrogen-bond donors (Lipinski definition) is 1. The van der Waals surface area contributed by atoms with Crippen LogP contribution >= 0.6 is 0 Å². The number of aromatic amines is 1. The fraction of sp³-hybridized carbons (Fsp3) is 0.333. The number of nitrogens with zero attached hydrogens (tertiary/aromatic N) is 3. The molecule has 8 heteroatoms. The lowest BCUT2D eigenvalue weighted by molar-refractivity contribution is -0.130. The number of hydrogen-bond acceptors (Lipinski definition) is 6. The first kappa shape index (κ1) is 23.0. The number of aryl methyl sites for hydroxylation is 1. The normalized spacial score (nSPS) is 10.8. The maximum absolute atomic E-state index is 12.5. The van der Waals surface area contributed by atoms with E-state index in [2.05, 4.69) is 15.2 Å². The highest BCUT2D eigenvalue weighted by molar-refractivity contribution is 5.76. The predicted octanol–water partition coefficient (Wildman–Crippen LogP) is 3.22. The van der Waals surface area contributed by atoms with Gasteiger partial charge in [0, 0.05) is 32.0 Å². The van der Waals surface area contributed by atoms with Gasteiger partial charge in [-0.3, -0.25) is 9.59 Å². The first-order chi connectivity index (χ1) is 15.4. The summed E-state index contributed by atoms with van der Waals surface area (Å²) in [4.78, 5) is 29.3. The zero-order valence-electron chi connectivity index (χ0n) is 18.8. The number of carbonyl (C=O) groups is 1. The van der Waals surface area contributed by atoms with Gasteiger partial charge in [-0.2, -0.15) is 0 Å². The van der Waals surface area contributed by atoms with Crippen molar-refractivity contribution in [1.82, 2.24) is 20.1 Å². The monoisotopic (exact) mass is 436 g/mol. The van der Waals surface area contributed by atoms with Crippen molar-refractivity contribution in [2.24, 2.45) is 0 Å². The molecule has 0 aliphatic carbocycles. The van der Waals surface area contributed by atoms with Crippen molar-refractivity contribution in [2.45, 2.75) is 39.3 Å². The van der Waals surface area contributed by atoms with Crippen molar-refractivity contribution >= 4 is 5.91 Å². The largest absolute Gasteiger partial charge is 0.493 e. The van der Waals surface area contributed by atoms with Gasteiger partial charge in [-0.1, -0.05) is 30.3 Å². The molecule has 2 aromatic carbocycles. The van der Waals surface area contributed by atoms with Gasteiger partial charge in [-0.15, -0.1) is 10.2 Å². The Labute approximate surface area is 187 Å². The summed E-state index contributed by atoms with van der Waals surface area (Å²) in [6.07, 6.45) is 0.392. The fourth-order valence-corrected chi connectivity index (χ4v) is 3.18. The van der Waals surface area contributed by atoms with E-state index < -0.39 is 0 Å². The SMILES string of the molecule is COc1cc(-c2nnc(CCC(=O)N(C)Cc3ccccc3)c(=O)[nH]2)ccc1OC(C)C.